The molecule has 0 radical (unpaired) electrons. The van der Waals surface area contributed by atoms with Crippen molar-refractivity contribution in [2.75, 3.05) is 0 Å². The van der Waals surface area contributed by atoms with Gasteiger partial charge in [-0.05, 0) is 26.0 Å². The second-order valence-corrected chi connectivity index (χ2v) is 4.60. The van der Waals surface area contributed by atoms with Crippen molar-refractivity contribution in [2.24, 2.45) is 0 Å². The Bertz CT molecular complexity index is 588. The van der Waals surface area contributed by atoms with Gasteiger partial charge in [-0.3, -0.25) is 0 Å². The Morgan fingerprint density at radius 1 is 1.47 bits per heavy atom. The fourth-order valence-corrected chi connectivity index (χ4v) is 1.95. The first-order chi connectivity index (χ1) is 9.04. The SMILES string of the molecule is CCC([O-])c1c2ccoc2cc[n+]1C(=O)OC(C)C. The lowest BCUT2D eigenvalue weighted by atomic mass is 10.1. The molecule has 102 valence electrons. The summed E-state index contributed by atoms with van der Waals surface area (Å²) in [6.07, 6.45) is 1.64. The largest absolute Gasteiger partial charge is 0.844 e. The van der Waals surface area contributed by atoms with Crippen molar-refractivity contribution in [3.8, 4) is 0 Å². The molecule has 0 aliphatic carbocycles. The highest BCUT2D eigenvalue weighted by molar-refractivity contribution is 5.79. The van der Waals surface area contributed by atoms with Crippen LogP contribution < -0.4 is 9.67 Å². The van der Waals surface area contributed by atoms with E-state index in [1.807, 2.05) is 0 Å². The molecule has 1 unspecified atom stereocenters. The molecule has 0 saturated heterocycles. The molecule has 0 aliphatic heterocycles. The van der Waals surface area contributed by atoms with E-state index >= 15 is 0 Å². The van der Waals surface area contributed by atoms with Crippen LogP contribution in [0.5, 0.6) is 0 Å². The van der Waals surface area contributed by atoms with Gasteiger partial charge < -0.3 is 14.3 Å². The predicted octanol–water partition coefficient (Wildman–Crippen LogP) is 1.92. The smallest absolute Gasteiger partial charge is 0.602 e. The Hall–Kier alpha value is -1.88. The molecule has 5 heteroatoms. The first-order valence-corrected chi connectivity index (χ1v) is 6.33. The number of rotatable bonds is 3. The number of nitrogens with zero attached hydrogens (tertiary/aromatic N) is 1. The van der Waals surface area contributed by atoms with E-state index in [9.17, 15) is 9.90 Å². The van der Waals surface area contributed by atoms with E-state index in [1.54, 1.807) is 32.9 Å². The van der Waals surface area contributed by atoms with E-state index in [2.05, 4.69) is 0 Å². The highest BCUT2D eigenvalue weighted by atomic mass is 16.6. The highest BCUT2D eigenvalue weighted by Crippen LogP contribution is 2.22. The van der Waals surface area contributed by atoms with E-state index < -0.39 is 12.2 Å². The molecule has 0 aromatic carbocycles. The lowest BCUT2D eigenvalue weighted by molar-refractivity contribution is -0.615. The molecule has 19 heavy (non-hydrogen) atoms. The summed E-state index contributed by atoms with van der Waals surface area (Å²) in [4.78, 5) is 12.0. The van der Waals surface area contributed by atoms with Crippen LogP contribution in [0.3, 0.4) is 0 Å². The Morgan fingerprint density at radius 2 is 2.21 bits per heavy atom. The van der Waals surface area contributed by atoms with Gasteiger partial charge in [-0.25, -0.2) is 0 Å². The molecular formula is C14H17NO4. The third-order valence-electron chi connectivity index (χ3n) is 2.81. The van der Waals surface area contributed by atoms with Gasteiger partial charge in [0.25, 0.3) is 0 Å². The minimum atomic E-state index is -0.999. The van der Waals surface area contributed by atoms with E-state index in [-0.39, 0.29) is 6.10 Å². The van der Waals surface area contributed by atoms with Gasteiger partial charge in [-0.15, -0.1) is 0 Å². The van der Waals surface area contributed by atoms with Crippen molar-refractivity contribution >= 4 is 17.1 Å². The van der Waals surface area contributed by atoms with Crippen molar-refractivity contribution in [2.45, 2.75) is 39.4 Å². The number of aromatic nitrogens is 1. The lowest BCUT2D eigenvalue weighted by Crippen LogP contribution is -2.49. The first-order valence-electron chi connectivity index (χ1n) is 6.33. The number of carbonyl (C=O) groups excluding carboxylic acids is 1. The minimum Gasteiger partial charge on any atom is -0.844 e. The zero-order chi connectivity index (χ0) is 14.0. The molecule has 2 aromatic heterocycles. The van der Waals surface area contributed by atoms with E-state index in [0.29, 0.717) is 23.1 Å². The molecule has 0 fully saturated rings. The number of fused-ring (bicyclic) bond motifs is 1. The molecule has 0 bridgehead atoms. The maximum Gasteiger partial charge on any atom is 0.602 e. The summed E-state index contributed by atoms with van der Waals surface area (Å²) in [5.41, 5.74) is 0.984. The normalized spacial score (nSPS) is 12.9. The fraction of sp³-hybridized carbons (Fsp3) is 0.429. The third-order valence-corrected chi connectivity index (χ3v) is 2.81. The average molecular weight is 263 g/mol. The van der Waals surface area contributed by atoms with Crippen LogP contribution in [0.15, 0.2) is 29.0 Å². The molecule has 0 spiro atoms. The van der Waals surface area contributed by atoms with Gasteiger partial charge in [0.1, 0.15) is 11.7 Å². The van der Waals surface area contributed by atoms with Gasteiger partial charge in [-0.1, -0.05) is 17.9 Å². The molecule has 5 nitrogen and oxygen atoms in total. The van der Waals surface area contributed by atoms with Crippen LogP contribution in [0.2, 0.25) is 0 Å². The van der Waals surface area contributed by atoms with Gasteiger partial charge >= 0.3 is 6.09 Å². The van der Waals surface area contributed by atoms with E-state index in [1.165, 1.54) is 17.0 Å². The summed E-state index contributed by atoms with van der Waals surface area (Å²) >= 11 is 0. The number of carbonyl (C=O) groups is 1. The number of ether oxygens (including phenoxy) is 1. The second-order valence-electron chi connectivity index (χ2n) is 4.60. The lowest BCUT2D eigenvalue weighted by Gasteiger charge is -2.18. The molecule has 2 aromatic rings. The van der Waals surface area contributed by atoms with Crippen molar-refractivity contribution in [3.05, 3.63) is 30.3 Å². The van der Waals surface area contributed by atoms with Crippen LogP contribution >= 0.6 is 0 Å². The quantitative estimate of drug-likeness (QED) is 0.793. The third kappa shape index (κ3) is 2.61. The minimum absolute atomic E-state index is 0.236. The first kappa shape index (κ1) is 13.5. The van der Waals surface area contributed by atoms with Crippen LogP contribution in [0.4, 0.5) is 4.79 Å². The van der Waals surface area contributed by atoms with Gasteiger partial charge in [0.2, 0.25) is 0 Å². The molecule has 0 N–H and O–H groups in total. The van der Waals surface area contributed by atoms with Crippen molar-refractivity contribution in [1.29, 1.82) is 0 Å². The zero-order valence-corrected chi connectivity index (χ0v) is 11.3. The molecule has 2 rings (SSSR count). The molecule has 2 heterocycles. The summed E-state index contributed by atoms with van der Waals surface area (Å²) < 4.78 is 11.7. The predicted molar refractivity (Wildman–Crippen MR) is 66.5 cm³/mol. The summed E-state index contributed by atoms with van der Waals surface area (Å²) in [5.74, 6) is 0. The summed E-state index contributed by atoms with van der Waals surface area (Å²) in [6, 6.07) is 3.35. The highest BCUT2D eigenvalue weighted by Gasteiger charge is 2.27. The summed E-state index contributed by atoms with van der Waals surface area (Å²) in [5, 5.41) is 12.8. The molecular weight excluding hydrogens is 246 g/mol. The molecule has 0 saturated carbocycles. The molecule has 0 aliphatic rings. The van der Waals surface area contributed by atoms with E-state index in [4.69, 9.17) is 9.15 Å². The second kappa shape index (κ2) is 5.40. The van der Waals surface area contributed by atoms with Gasteiger partial charge in [0, 0.05) is 6.07 Å². The van der Waals surface area contributed by atoms with Crippen molar-refractivity contribution < 1.29 is 23.6 Å². The van der Waals surface area contributed by atoms with Crippen molar-refractivity contribution in [3.63, 3.8) is 0 Å². The van der Waals surface area contributed by atoms with Crippen LogP contribution in [-0.4, -0.2) is 12.2 Å². The standard InChI is InChI=1S/C14H17NO4/c1-4-11(16)13-10-6-8-18-12(10)5-7-15(13)14(17)19-9(2)3/h5-9,11H,4H2,1-3H3. The van der Waals surface area contributed by atoms with Crippen LogP contribution in [0, 0.1) is 0 Å². The average Bonchev–Trinajstić information content (AvgIpc) is 2.83. The number of hydrogen-bond acceptors (Lipinski definition) is 4. The molecule has 1 atom stereocenters. The van der Waals surface area contributed by atoms with Crippen LogP contribution in [0.25, 0.3) is 11.0 Å². The Morgan fingerprint density at radius 3 is 2.84 bits per heavy atom. The Labute approximate surface area is 111 Å². The topological polar surface area (TPSA) is 66.4 Å². The summed E-state index contributed by atoms with van der Waals surface area (Å²) in [7, 11) is 0. The maximum atomic E-state index is 12.1. The number of hydrogen-bond donors (Lipinski definition) is 0. The van der Waals surface area contributed by atoms with Crippen molar-refractivity contribution in [1.82, 2.24) is 0 Å². The fourth-order valence-electron chi connectivity index (χ4n) is 1.95. The van der Waals surface area contributed by atoms with Gasteiger partial charge in [0.05, 0.1) is 11.6 Å². The van der Waals surface area contributed by atoms with Crippen LogP contribution in [-0.2, 0) is 4.74 Å². The van der Waals surface area contributed by atoms with Gasteiger partial charge in [-0.2, -0.15) is 4.79 Å². The van der Waals surface area contributed by atoms with Crippen LogP contribution in [0.1, 0.15) is 39.0 Å². The Balaban J connectivity index is 2.56. The monoisotopic (exact) mass is 263 g/mol. The number of pyridine rings is 1. The Kier molecular flexibility index (Phi) is 3.85. The molecule has 0 amide bonds. The number of furan rings is 1. The van der Waals surface area contributed by atoms with E-state index in [0.717, 1.165) is 0 Å². The summed E-state index contributed by atoms with van der Waals surface area (Å²) in [6.45, 7) is 5.32. The zero-order valence-electron chi connectivity index (χ0n) is 11.3. The van der Waals surface area contributed by atoms with Gasteiger partial charge in [0.15, 0.2) is 11.9 Å². The maximum absolute atomic E-state index is 12.1.